The van der Waals surface area contributed by atoms with E-state index >= 15 is 0 Å². The van der Waals surface area contributed by atoms with Gasteiger partial charge in [-0.2, -0.15) is 0 Å². The zero-order valence-electron chi connectivity index (χ0n) is 10.2. The molecule has 0 atom stereocenters. The summed E-state index contributed by atoms with van der Waals surface area (Å²) in [5.74, 6) is 0. The van der Waals surface area contributed by atoms with E-state index in [9.17, 15) is 0 Å². The molecule has 0 aliphatic heterocycles. The summed E-state index contributed by atoms with van der Waals surface area (Å²) in [6.07, 6.45) is 7.97. The molecule has 14 heavy (non-hydrogen) atoms. The molecule has 0 radical (unpaired) electrons. The zero-order valence-corrected chi connectivity index (χ0v) is 11.8. The van der Waals surface area contributed by atoms with Crippen LogP contribution in [-0.2, 0) is 0 Å². The van der Waals surface area contributed by atoms with Gasteiger partial charge in [-0.15, -0.1) is 0 Å². The molecule has 0 N–H and O–H groups in total. The second-order valence-corrected chi connectivity index (χ2v) is 5.77. The lowest BCUT2D eigenvalue weighted by Gasteiger charge is -2.30. The third-order valence-electron chi connectivity index (χ3n) is 2.74. The Bertz CT molecular complexity index is 104. The number of rotatable bonds is 9. The normalized spacial score (nSPS) is 12.0. The molecule has 0 aromatic heterocycles. The van der Waals surface area contributed by atoms with E-state index < -0.39 is 0 Å². The second-order valence-electron chi connectivity index (χ2n) is 4.26. The fraction of sp³-hybridized carbons (Fsp3) is 1.00. The first-order chi connectivity index (χ1) is 6.68. The van der Waals surface area contributed by atoms with Gasteiger partial charge in [0, 0.05) is 0 Å². The van der Waals surface area contributed by atoms with Gasteiger partial charge < -0.3 is 0 Å². The number of nitrogens with zero attached hydrogens (tertiary/aromatic N) is 1. The molecule has 0 saturated heterocycles. The third kappa shape index (κ3) is 6.83. The standard InChI is InChI=1S/C12H27BrN/c1-4-7-10-14(13,11-8-5-2)12-9-6-3/h4-12H2,1-3H3/q+1. The molecule has 0 heterocycles. The topological polar surface area (TPSA) is 0 Å². The quantitative estimate of drug-likeness (QED) is 0.538. The fourth-order valence-corrected chi connectivity index (χ4v) is 2.41. The minimum absolute atomic E-state index is 1.13. The summed E-state index contributed by atoms with van der Waals surface area (Å²) in [6, 6.07) is 0. The van der Waals surface area contributed by atoms with Crippen LogP contribution in [0.1, 0.15) is 59.3 Å². The first-order valence-corrected chi connectivity index (χ1v) is 6.95. The highest BCUT2D eigenvalue weighted by molar-refractivity contribution is 9.05. The number of hydrogen-bond acceptors (Lipinski definition) is 0. The van der Waals surface area contributed by atoms with Gasteiger partial charge in [-0.3, -0.25) is 3.51 Å². The van der Waals surface area contributed by atoms with Gasteiger partial charge in [0.25, 0.3) is 0 Å². The van der Waals surface area contributed by atoms with Crippen LogP contribution in [0.4, 0.5) is 0 Å². The van der Waals surface area contributed by atoms with Crippen LogP contribution in [-0.4, -0.2) is 23.1 Å². The molecule has 86 valence electrons. The van der Waals surface area contributed by atoms with E-state index in [4.69, 9.17) is 0 Å². The average molecular weight is 265 g/mol. The van der Waals surface area contributed by atoms with Crippen molar-refractivity contribution >= 4 is 16.1 Å². The highest BCUT2D eigenvalue weighted by atomic mass is 79.9. The Hall–Kier alpha value is 0.440. The monoisotopic (exact) mass is 264 g/mol. The summed E-state index contributed by atoms with van der Waals surface area (Å²) in [4.78, 5) is 0. The van der Waals surface area contributed by atoms with Crippen molar-refractivity contribution in [1.29, 1.82) is 0 Å². The molecule has 0 rings (SSSR count). The van der Waals surface area contributed by atoms with Crippen molar-refractivity contribution in [1.82, 2.24) is 0 Å². The molecule has 0 unspecified atom stereocenters. The first kappa shape index (κ1) is 14.4. The largest absolute Gasteiger partial charge is 0.256 e. The van der Waals surface area contributed by atoms with E-state index in [-0.39, 0.29) is 0 Å². The maximum Gasteiger partial charge on any atom is 0.227 e. The van der Waals surface area contributed by atoms with Gasteiger partial charge in [0.2, 0.25) is 16.1 Å². The van der Waals surface area contributed by atoms with Gasteiger partial charge in [-0.05, 0) is 19.3 Å². The molecule has 0 spiro atoms. The van der Waals surface area contributed by atoms with Gasteiger partial charge >= 0.3 is 0 Å². The number of halogens is 1. The Morgan fingerprint density at radius 2 is 1.00 bits per heavy atom. The molecule has 0 aromatic rings. The Morgan fingerprint density at radius 1 is 0.714 bits per heavy atom. The molecular formula is C12H27BrN+. The molecule has 0 fully saturated rings. The number of unbranched alkanes of at least 4 members (excludes halogenated alkanes) is 3. The number of hydrogen-bond donors (Lipinski definition) is 0. The molecule has 0 amide bonds. The SMILES string of the molecule is CCCC[N+](Br)(CCCC)CCCC. The molecule has 1 nitrogen and oxygen atoms in total. The van der Waals surface area contributed by atoms with Crippen LogP contribution in [0, 0.1) is 0 Å². The van der Waals surface area contributed by atoms with Crippen LogP contribution < -0.4 is 0 Å². The second kappa shape index (κ2) is 8.72. The number of quaternary nitrogens is 1. The van der Waals surface area contributed by atoms with Crippen molar-refractivity contribution in [2.75, 3.05) is 19.6 Å². The summed E-state index contributed by atoms with van der Waals surface area (Å²) >= 11 is 3.93. The summed E-state index contributed by atoms with van der Waals surface area (Å²) in [5.41, 5.74) is 0. The average Bonchev–Trinajstić information content (AvgIpc) is 2.21. The summed E-state index contributed by atoms with van der Waals surface area (Å²) < 4.78 is 1.13. The predicted molar refractivity (Wildman–Crippen MR) is 68.5 cm³/mol. The maximum atomic E-state index is 3.93. The van der Waals surface area contributed by atoms with Crippen LogP contribution in [0.25, 0.3) is 0 Å². The van der Waals surface area contributed by atoms with E-state index in [1.54, 1.807) is 0 Å². The van der Waals surface area contributed by atoms with Crippen LogP contribution in [0.5, 0.6) is 0 Å². The Balaban J connectivity index is 3.89. The van der Waals surface area contributed by atoms with Gasteiger partial charge in [0.1, 0.15) is 0 Å². The van der Waals surface area contributed by atoms with Crippen molar-refractivity contribution in [3.63, 3.8) is 0 Å². The van der Waals surface area contributed by atoms with Crippen molar-refractivity contribution in [2.45, 2.75) is 59.3 Å². The predicted octanol–water partition coefficient (Wildman–Crippen LogP) is 4.51. The maximum absolute atomic E-state index is 3.93. The van der Waals surface area contributed by atoms with E-state index in [0.29, 0.717) is 0 Å². The van der Waals surface area contributed by atoms with Crippen LogP contribution >= 0.6 is 16.1 Å². The van der Waals surface area contributed by atoms with Gasteiger partial charge in [0.15, 0.2) is 0 Å². The lowest BCUT2D eigenvalue weighted by molar-refractivity contribution is -0.781. The lowest BCUT2D eigenvalue weighted by atomic mass is 10.2. The van der Waals surface area contributed by atoms with Crippen molar-refractivity contribution in [2.24, 2.45) is 0 Å². The Kier molecular flexibility index (Phi) is 9.00. The van der Waals surface area contributed by atoms with Crippen molar-refractivity contribution in [3.8, 4) is 0 Å². The summed E-state index contributed by atoms with van der Waals surface area (Å²) in [5, 5.41) is 0. The van der Waals surface area contributed by atoms with Crippen LogP contribution in [0.15, 0.2) is 0 Å². The smallest absolute Gasteiger partial charge is 0.227 e. The van der Waals surface area contributed by atoms with Gasteiger partial charge in [-0.25, -0.2) is 0 Å². The first-order valence-electron chi connectivity index (χ1n) is 6.24. The fourth-order valence-electron chi connectivity index (χ4n) is 1.66. The Morgan fingerprint density at radius 3 is 1.21 bits per heavy atom. The minimum Gasteiger partial charge on any atom is -0.256 e. The van der Waals surface area contributed by atoms with Crippen molar-refractivity contribution in [3.05, 3.63) is 0 Å². The van der Waals surface area contributed by atoms with Crippen LogP contribution in [0.3, 0.4) is 0 Å². The molecule has 2 heteroatoms. The van der Waals surface area contributed by atoms with E-state index in [2.05, 4.69) is 36.9 Å². The zero-order chi connectivity index (χ0) is 10.9. The highest BCUT2D eigenvalue weighted by Gasteiger charge is 2.22. The summed E-state index contributed by atoms with van der Waals surface area (Å²) in [7, 11) is 0. The molecule has 0 aliphatic rings. The van der Waals surface area contributed by atoms with Gasteiger partial charge in [-0.1, -0.05) is 40.0 Å². The van der Waals surface area contributed by atoms with E-state index in [1.165, 1.54) is 58.2 Å². The molecule has 0 aliphatic carbocycles. The molecular weight excluding hydrogens is 238 g/mol. The van der Waals surface area contributed by atoms with E-state index in [1.807, 2.05) is 0 Å². The Labute approximate surface area is 98.8 Å². The summed E-state index contributed by atoms with van der Waals surface area (Å²) in [6.45, 7) is 10.7. The van der Waals surface area contributed by atoms with Crippen LogP contribution in [0.2, 0.25) is 0 Å². The molecule has 0 bridgehead atoms. The molecule has 0 aromatic carbocycles. The minimum atomic E-state index is 1.13. The van der Waals surface area contributed by atoms with E-state index in [0.717, 1.165) is 3.51 Å². The highest BCUT2D eigenvalue weighted by Crippen LogP contribution is 2.20. The van der Waals surface area contributed by atoms with Gasteiger partial charge in [0.05, 0.1) is 19.6 Å². The third-order valence-corrected chi connectivity index (χ3v) is 3.80. The van der Waals surface area contributed by atoms with Crippen molar-refractivity contribution < 1.29 is 3.51 Å². The lowest BCUT2D eigenvalue weighted by Crippen LogP contribution is -2.40. The molecule has 0 saturated carbocycles.